The summed E-state index contributed by atoms with van der Waals surface area (Å²) in [7, 11) is 1.35. The lowest BCUT2D eigenvalue weighted by Gasteiger charge is -2.27. The Morgan fingerprint density at radius 2 is 1.93 bits per heavy atom. The fraction of sp³-hybridized carbons (Fsp3) is 0.200. The van der Waals surface area contributed by atoms with Gasteiger partial charge in [-0.15, -0.1) is 0 Å². The number of nitrogens with zero attached hydrogens (tertiary/aromatic N) is 1. The van der Waals surface area contributed by atoms with E-state index in [0.29, 0.717) is 0 Å². The lowest BCUT2D eigenvalue weighted by Crippen LogP contribution is -2.53. The van der Waals surface area contributed by atoms with Gasteiger partial charge in [0.1, 0.15) is 0 Å². The second kappa shape index (κ2) is 3.61. The molecule has 5 nitrogen and oxygen atoms in total. The zero-order valence-electron chi connectivity index (χ0n) is 8.23. The molecule has 2 rings (SSSR count). The van der Waals surface area contributed by atoms with Crippen LogP contribution in [-0.4, -0.2) is 18.1 Å². The van der Waals surface area contributed by atoms with Gasteiger partial charge in [-0.1, -0.05) is 0 Å². The van der Waals surface area contributed by atoms with E-state index in [-0.39, 0.29) is 0 Å². The minimum absolute atomic E-state index is 0.390. The van der Waals surface area contributed by atoms with Gasteiger partial charge in [-0.2, -0.15) is 0 Å². The number of esters is 1. The second-order valence-electron chi connectivity index (χ2n) is 3.10. The summed E-state index contributed by atoms with van der Waals surface area (Å²) in [6.07, 6.45) is 6.58. The van der Waals surface area contributed by atoms with Crippen molar-refractivity contribution >= 4 is 5.97 Å². The van der Waals surface area contributed by atoms with Crippen LogP contribution < -0.4 is 10.6 Å². The summed E-state index contributed by atoms with van der Waals surface area (Å²) in [5, 5.41) is 5.89. The smallest absolute Gasteiger partial charge is 0.357 e. The predicted molar refractivity (Wildman–Crippen MR) is 53.3 cm³/mol. The maximum absolute atomic E-state index is 11.7. The minimum atomic E-state index is -1.02. The van der Waals surface area contributed by atoms with E-state index in [9.17, 15) is 4.79 Å². The normalized spacial score (nSPS) is 16.6. The van der Waals surface area contributed by atoms with E-state index in [0.717, 1.165) is 5.56 Å². The molecule has 15 heavy (non-hydrogen) atoms. The molecule has 5 heteroatoms. The van der Waals surface area contributed by atoms with E-state index in [1.165, 1.54) is 7.11 Å². The summed E-state index contributed by atoms with van der Waals surface area (Å²) < 4.78 is 4.77. The van der Waals surface area contributed by atoms with Gasteiger partial charge >= 0.3 is 5.97 Å². The van der Waals surface area contributed by atoms with Crippen LogP contribution in [-0.2, 0) is 15.2 Å². The first-order valence-corrected chi connectivity index (χ1v) is 4.49. The van der Waals surface area contributed by atoms with E-state index < -0.39 is 11.6 Å². The van der Waals surface area contributed by atoms with E-state index in [1.807, 2.05) is 0 Å². The van der Waals surface area contributed by atoms with Crippen molar-refractivity contribution < 1.29 is 9.53 Å². The molecule has 0 aliphatic carbocycles. The molecule has 1 aliphatic heterocycles. The molecule has 0 saturated heterocycles. The quantitative estimate of drug-likeness (QED) is 0.669. The van der Waals surface area contributed by atoms with E-state index in [1.54, 1.807) is 36.9 Å². The SMILES string of the molecule is COC(=O)C1(c2ccncc2)NC=CN1. The first-order chi connectivity index (χ1) is 7.29. The largest absolute Gasteiger partial charge is 0.466 e. The molecule has 0 unspecified atom stereocenters. The topological polar surface area (TPSA) is 63.2 Å². The minimum Gasteiger partial charge on any atom is -0.466 e. The lowest BCUT2D eigenvalue weighted by atomic mass is 10.0. The molecule has 1 aromatic rings. The lowest BCUT2D eigenvalue weighted by molar-refractivity contribution is -0.149. The second-order valence-corrected chi connectivity index (χ2v) is 3.10. The van der Waals surface area contributed by atoms with Crippen molar-refractivity contribution in [3.63, 3.8) is 0 Å². The average molecular weight is 205 g/mol. The van der Waals surface area contributed by atoms with Gasteiger partial charge in [0.05, 0.1) is 7.11 Å². The van der Waals surface area contributed by atoms with Gasteiger partial charge in [0.2, 0.25) is 5.66 Å². The van der Waals surface area contributed by atoms with Crippen molar-refractivity contribution in [2.24, 2.45) is 0 Å². The van der Waals surface area contributed by atoms with E-state index >= 15 is 0 Å². The van der Waals surface area contributed by atoms with Crippen molar-refractivity contribution in [1.82, 2.24) is 15.6 Å². The van der Waals surface area contributed by atoms with Crippen LogP contribution in [0, 0.1) is 0 Å². The first-order valence-electron chi connectivity index (χ1n) is 4.49. The molecule has 0 saturated carbocycles. The van der Waals surface area contributed by atoms with E-state index in [2.05, 4.69) is 15.6 Å². The molecular formula is C10H11N3O2. The Morgan fingerprint density at radius 1 is 1.33 bits per heavy atom. The molecule has 1 aromatic heterocycles. The van der Waals surface area contributed by atoms with Gasteiger partial charge in [-0.25, -0.2) is 4.79 Å². The number of nitrogens with one attached hydrogen (secondary N) is 2. The van der Waals surface area contributed by atoms with Crippen LogP contribution in [0.3, 0.4) is 0 Å². The summed E-state index contributed by atoms with van der Waals surface area (Å²) >= 11 is 0. The fourth-order valence-electron chi connectivity index (χ4n) is 1.53. The fourth-order valence-corrected chi connectivity index (χ4v) is 1.53. The molecule has 0 atom stereocenters. The molecule has 2 heterocycles. The number of carbonyl (C=O) groups excluding carboxylic acids is 1. The average Bonchev–Trinajstić information content (AvgIpc) is 2.79. The summed E-state index contributed by atoms with van der Waals surface area (Å²) in [4.78, 5) is 15.6. The Morgan fingerprint density at radius 3 is 2.47 bits per heavy atom. The van der Waals surface area contributed by atoms with Crippen LogP contribution in [0.4, 0.5) is 0 Å². The monoisotopic (exact) mass is 205 g/mol. The highest BCUT2D eigenvalue weighted by molar-refractivity contribution is 5.82. The molecule has 78 valence electrons. The molecule has 0 amide bonds. The third-order valence-corrected chi connectivity index (χ3v) is 2.29. The Bertz CT molecular complexity index is 381. The van der Waals surface area contributed by atoms with Gasteiger partial charge < -0.3 is 15.4 Å². The zero-order chi connectivity index (χ0) is 10.7. The number of pyridine rings is 1. The van der Waals surface area contributed by atoms with Gasteiger partial charge in [-0.3, -0.25) is 4.98 Å². The van der Waals surface area contributed by atoms with Crippen LogP contribution in [0.25, 0.3) is 0 Å². The number of rotatable bonds is 2. The number of ether oxygens (including phenoxy) is 1. The van der Waals surface area contributed by atoms with Crippen molar-refractivity contribution in [1.29, 1.82) is 0 Å². The molecule has 0 aromatic carbocycles. The molecule has 0 bridgehead atoms. The van der Waals surface area contributed by atoms with Crippen molar-refractivity contribution in [2.75, 3.05) is 7.11 Å². The molecule has 0 spiro atoms. The molecule has 2 N–H and O–H groups in total. The summed E-state index contributed by atoms with van der Waals surface area (Å²) in [6.45, 7) is 0. The van der Waals surface area contributed by atoms with Crippen molar-refractivity contribution in [3.05, 3.63) is 42.5 Å². The van der Waals surface area contributed by atoms with Gasteiger partial charge in [0, 0.05) is 30.4 Å². The van der Waals surface area contributed by atoms with Crippen molar-refractivity contribution in [3.8, 4) is 0 Å². The number of hydrogen-bond donors (Lipinski definition) is 2. The number of hydrogen-bond acceptors (Lipinski definition) is 5. The number of aromatic nitrogens is 1. The predicted octanol–water partition coefficient (Wildman–Crippen LogP) is 0.0714. The van der Waals surface area contributed by atoms with Gasteiger partial charge in [0.15, 0.2) is 0 Å². The zero-order valence-corrected chi connectivity index (χ0v) is 8.23. The first kappa shape index (κ1) is 9.51. The summed E-state index contributed by atoms with van der Waals surface area (Å²) in [5.41, 5.74) is -0.258. The van der Waals surface area contributed by atoms with Crippen LogP contribution in [0.15, 0.2) is 36.9 Å². The van der Waals surface area contributed by atoms with Crippen molar-refractivity contribution in [2.45, 2.75) is 5.66 Å². The maximum atomic E-state index is 11.7. The van der Waals surface area contributed by atoms with E-state index in [4.69, 9.17) is 4.74 Å². The van der Waals surface area contributed by atoms with Crippen LogP contribution in [0.2, 0.25) is 0 Å². The summed E-state index contributed by atoms with van der Waals surface area (Å²) in [6, 6.07) is 3.51. The standard InChI is InChI=1S/C10H11N3O2/c1-15-9(14)10(12-6-7-13-10)8-2-4-11-5-3-8/h2-7,12-13H,1H3. The third kappa shape index (κ3) is 1.41. The summed E-state index contributed by atoms with van der Waals surface area (Å²) in [5.74, 6) is -0.390. The molecule has 0 fully saturated rings. The Balaban J connectivity index is 2.40. The van der Waals surface area contributed by atoms with Crippen LogP contribution >= 0.6 is 0 Å². The highest BCUT2D eigenvalue weighted by Gasteiger charge is 2.42. The van der Waals surface area contributed by atoms with Gasteiger partial charge in [-0.05, 0) is 12.1 Å². The van der Waals surface area contributed by atoms with Crippen LogP contribution in [0.5, 0.6) is 0 Å². The molecule has 0 radical (unpaired) electrons. The van der Waals surface area contributed by atoms with Gasteiger partial charge in [0.25, 0.3) is 0 Å². The highest BCUT2D eigenvalue weighted by Crippen LogP contribution is 2.21. The number of methoxy groups -OCH3 is 1. The highest BCUT2D eigenvalue weighted by atomic mass is 16.5. The molecular weight excluding hydrogens is 194 g/mol. The Labute approximate surface area is 87.2 Å². The third-order valence-electron chi connectivity index (χ3n) is 2.29. The number of carbonyl (C=O) groups is 1. The molecule has 1 aliphatic rings. The van der Waals surface area contributed by atoms with Crippen LogP contribution in [0.1, 0.15) is 5.56 Å². The Kier molecular flexibility index (Phi) is 2.29. The Hall–Kier alpha value is -2.04. The maximum Gasteiger partial charge on any atom is 0.357 e.